The van der Waals surface area contributed by atoms with Crippen molar-refractivity contribution in [3.8, 4) is 11.3 Å². The monoisotopic (exact) mass is 412 g/mol. The third-order valence-corrected chi connectivity index (χ3v) is 6.51. The third kappa shape index (κ3) is 3.03. The van der Waals surface area contributed by atoms with Crippen molar-refractivity contribution in [3.63, 3.8) is 0 Å². The maximum absolute atomic E-state index is 13.7. The van der Waals surface area contributed by atoms with Crippen molar-refractivity contribution in [2.24, 2.45) is 11.8 Å². The van der Waals surface area contributed by atoms with Crippen LogP contribution in [-0.2, 0) is 16.1 Å². The van der Waals surface area contributed by atoms with Crippen molar-refractivity contribution in [2.75, 3.05) is 6.54 Å². The Labute approximate surface area is 181 Å². The summed E-state index contributed by atoms with van der Waals surface area (Å²) in [6.07, 6.45) is 5.06. The number of allylic oxidation sites excluding steroid dienone is 2. The maximum Gasteiger partial charge on any atom is 0.233 e. The molecule has 2 aliphatic rings. The maximum atomic E-state index is 13.7. The smallest absolute Gasteiger partial charge is 0.233 e. The summed E-state index contributed by atoms with van der Waals surface area (Å²) in [5.41, 5.74) is 3.34. The number of likely N-dealkylation sites (tertiary alicyclic amines) is 1. The van der Waals surface area contributed by atoms with Gasteiger partial charge in [-0.1, -0.05) is 60.7 Å². The van der Waals surface area contributed by atoms with Crippen LogP contribution in [0, 0.1) is 11.8 Å². The van der Waals surface area contributed by atoms with Crippen LogP contribution in [0.1, 0.15) is 30.1 Å². The molecule has 3 aromatic rings. The van der Waals surface area contributed by atoms with Crippen LogP contribution in [0.25, 0.3) is 22.2 Å². The Bertz CT molecular complexity index is 1200. The van der Waals surface area contributed by atoms with E-state index >= 15 is 0 Å². The lowest BCUT2D eigenvalue weighted by Crippen LogP contribution is -2.36. The summed E-state index contributed by atoms with van der Waals surface area (Å²) in [7, 11) is 0. The molecule has 0 saturated carbocycles. The zero-order valence-electron chi connectivity index (χ0n) is 17.5. The van der Waals surface area contributed by atoms with Gasteiger partial charge in [-0.3, -0.25) is 19.3 Å². The van der Waals surface area contributed by atoms with E-state index in [1.165, 1.54) is 4.90 Å². The largest absolute Gasteiger partial charge is 0.340 e. The minimum atomic E-state index is -0.323. The Kier molecular flexibility index (Phi) is 4.81. The second kappa shape index (κ2) is 7.65. The van der Waals surface area contributed by atoms with Gasteiger partial charge < -0.3 is 4.57 Å². The fraction of sp³-hybridized carbons (Fsp3) is 0.269. The number of carbonyl (C=O) groups excluding carboxylic acids is 3. The van der Waals surface area contributed by atoms with E-state index in [2.05, 4.69) is 11.5 Å². The Morgan fingerprint density at radius 2 is 1.52 bits per heavy atom. The standard InChI is InChI=1S/C26H24N2O3/c1-2-27-21-15-9-8-14-20(21)23(24(27)17-10-4-3-5-11-17)22(29)16-28-25(30)18-12-6-7-13-19(18)26(28)31/h3-11,14-15,18-19H,2,12-13,16H2,1H3/t18-,19-/m0/s1. The van der Waals surface area contributed by atoms with Crippen molar-refractivity contribution in [1.29, 1.82) is 0 Å². The van der Waals surface area contributed by atoms with Gasteiger partial charge in [-0.2, -0.15) is 0 Å². The quantitative estimate of drug-likeness (QED) is 0.353. The zero-order chi connectivity index (χ0) is 21.5. The van der Waals surface area contributed by atoms with Crippen LogP contribution < -0.4 is 0 Å². The molecule has 1 aliphatic carbocycles. The van der Waals surface area contributed by atoms with Gasteiger partial charge in [0.15, 0.2) is 5.78 Å². The van der Waals surface area contributed by atoms with E-state index in [9.17, 15) is 14.4 Å². The van der Waals surface area contributed by atoms with Crippen LogP contribution in [0.4, 0.5) is 0 Å². The van der Waals surface area contributed by atoms with E-state index in [4.69, 9.17) is 0 Å². The number of aromatic nitrogens is 1. The van der Waals surface area contributed by atoms with Gasteiger partial charge >= 0.3 is 0 Å². The lowest BCUT2D eigenvalue weighted by atomic mass is 9.85. The number of para-hydroxylation sites is 1. The summed E-state index contributed by atoms with van der Waals surface area (Å²) in [4.78, 5) is 40.7. The van der Waals surface area contributed by atoms with Crippen molar-refractivity contribution in [3.05, 3.63) is 72.3 Å². The molecular weight excluding hydrogens is 388 g/mol. The molecule has 31 heavy (non-hydrogen) atoms. The lowest BCUT2D eigenvalue weighted by Gasteiger charge is -2.15. The molecule has 5 nitrogen and oxygen atoms in total. The van der Waals surface area contributed by atoms with Gasteiger partial charge in [0.25, 0.3) is 0 Å². The Hall–Kier alpha value is -3.47. The first kappa shape index (κ1) is 19.5. The molecule has 0 radical (unpaired) electrons. The lowest BCUT2D eigenvalue weighted by molar-refractivity contribution is -0.139. The molecule has 5 rings (SSSR count). The SMILES string of the molecule is CCn1c(-c2ccccc2)c(C(=O)CN2C(=O)[C@H]3CC=CC[C@@H]3C2=O)c2ccccc21. The summed E-state index contributed by atoms with van der Waals surface area (Å²) >= 11 is 0. The number of rotatable bonds is 5. The number of fused-ring (bicyclic) bond motifs is 2. The molecule has 1 aromatic heterocycles. The number of nitrogens with zero attached hydrogens (tertiary/aromatic N) is 2. The molecule has 5 heteroatoms. The van der Waals surface area contributed by atoms with Crippen molar-refractivity contribution in [1.82, 2.24) is 9.47 Å². The van der Waals surface area contributed by atoms with Gasteiger partial charge in [0.1, 0.15) is 0 Å². The predicted octanol–water partition coefficient (Wildman–Crippen LogP) is 4.46. The fourth-order valence-electron chi connectivity index (χ4n) is 5.06. The summed E-state index contributed by atoms with van der Waals surface area (Å²) < 4.78 is 2.13. The number of carbonyl (C=O) groups is 3. The van der Waals surface area contributed by atoms with Crippen molar-refractivity contribution >= 4 is 28.5 Å². The summed E-state index contributed by atoms with van der Waals surface area (Å²) in [6, 6.07) is 17.7. The zero-order valence-corrected chi connectivity index (χ0v) is 17.5. The molecule has 2 atom stereocenters. The summed E-state index contributed by atoms with van der Waals surface area (Å²) in [5, 5.41) is 0.853. The van der Waals surface area contributed by atoms with Crippen LogP contribution in [-0.4, -0.2) is 33.6 Å². The molecule has 1 aliphatic heterocycles. The molecule has 2 heterocycles. The number of benzene rings is 2. The summed E-state index contributed by atoms with van der Waals surface area (Å²) in [5.74, 6) is -1.27. The number of amides is 2. The van der Waals surface area contributed by atoms with E-state index < -0.39 is 0 Å². The fourth-order valence-corrected chi connectivity index (χ4v) is 5.06. The minimum Gasteiger partial charge on any atom is -0.340 e. The van der Waals surface area contributed by atoms with Gasteiger partial charge in [0, 0.05) is 17.4 Å². The third-order valence-electron chi connectivity index (χ3n) is 6.51. The highest BCUT2D eigenvalue weighted by Crippen LogP contribution is 2.37. The van der Waals surface area contributed by atoms with E-state index in [1.54, 1.807) is 0 Å². The second-order valence-electron chi connectivity index (χ2n) is 8.19. The number of Topliss-reactive ketones (excluding diaryl/α,β-unsaturated/α-hetero) is 1. The Morgan fingerprint density at radius 3 is 2.16 bits per heavy atom. The molecule has 1 fully saturated rings. The number of ketones is 1. The molecule has 1 saturated heterocycles. The highest BCUT2D eigenvalue weighted by atomic mass is 16.2. The number of aryl methyl sites for hydroxylation is 1. The van der Waals surface area contributed by atoms with E-state index in [0.717, 1.165) is 22.2 Å². The van der Waals surface area contributed by atoms with Crippen molar-refractivity contribution < 1.29 is 14.4 Å². The van der Waals surface area contributed by atoms with Crippen LogP contribution in [0.15, 0.2) is 66.7 Å². The van der Waals surface area contributed by atoms with E-state index in [-0.39, 0.29) is 36.0 Å². The van der Waals surface area contributed by atoms with Gasteiger partial charge in [-0.25, -0.2) is 0 Å². The molecule has 156 valence electrons. The van der Waals surface area contributed by atoms with E-state index in [1.807, 2.05) is 66.7 Å². The molecule has 2 amide bonds. The number of hydrogen-bond donors (Lipinski definition) is 0. The Morgan fingerprint density at radius 1 is 0.903 bits per heavy atom. The number of hydrogen-bond acceptors (Lipinski definition) is 3. The molecule has 0 unspecified atom stereocenters. The van der Waals surface area contributed by atoms with Crippen LogP contribution >= 0.6 is 0 Å². The first-order valence-corrected chi connectivity index (χ1v) is 10.8. The average Bonchev–Trinajstić information content (AvgIpc) is 3.27. The average molecular weight is 412 g/mol. The highest BCUT2D eigenvalue weighted by Gasteiger charge is 2.47. The molecule has 0 N–H and O–H groups in total. The number of imide groups is 1. The topological polar surface area (TPSA) is 59.4 Å². The normalized spacial score (nSPS) is 20.5. The highest BCUT2D eigenvalue weighted by molar-refractivity contribution is 6.17. The molecule has 0 bridgehead atoms. The predicted molar refractivity (Wildman–Crippen MR) is 119 cm³/mol. The van der Waals surface area contributed by atoms with Crippen LogP contribution in [0.3, 0.4) is 0 Å². The second-order valence-corrected chi connectivity index (χ2v) is 8.19. The summed E-state index contributed by atoms with van der Waals surface area (Å²) in [6.45, 7) is 2.55. The van der Waals surface area contributed by atoms with E-state index in [0.29, 0.717) is 24.9 Å². The van der Waals surface area contributed by atoms with Gasteiger partial charge in [0.2, 0.25) is 11.8 Å². The van der Waals surface area contributed by atoms with Gasteiger partial charge in [-0.05, 0) is 31.4 Å². The van der Waals surface area contributed by atoms with Crippen molar-refractivity contribution in [2.45, 2.75) is 26.3 Å². The molecule has 2 aromatic carbocycles. The van der Waals surface area contributed by atoms with Crippen LogP contribution in [0.5, 0.6) is 0 Å². The minimum absolute atomic E-state index is 0.199. The van der Waals surface area contributed by atoms with Gasteiger partial charge in [-0.15, -0.1) is 0 Å². The van der Waals surface area contributed by atoms with Gasteiger partial charge in [0.05, 0.1) is 29.6 Å². The molecule has 0 spiro atoms. The first-order chi connectivity index (χ1) is 15.1. The molecular formula is C26H24N2O3. The van der Waals surface area contributed by atoms with Crippen LogP contribution in [0.2, 0.25) is 0 Å². The first-order valence-electron chi connectivity index (χ1n) is 10.8. The Balaban J connectivity index is 1.59.